The number of carbonyl (C=O) groups excluding carboxylic acids is 1. The van der Waals surface area contributed by atoms with Gasteiger partial charge in [-0.05, 0) is 17.7 Å². The van der Waals surface area contributed by atoms with Crippen LogP contribution in [0.2, 0.25) is 0 Å². The first kappa shape index (κ1) is 18.6. The van der Waals surface area contributed by atoms with Crippen LogP contribution in [0.3, 0.4) is 0 Å². The standard InChI is InChI=1S/C17H17F3N2O3/c18-17(19,20)11-25-14-8-4-7-13(9-14)21-16(24)22-15(10-23)12-5-2-1-3-6-12/h1-9,15,23H,10-11H2,(H2,21,22,24). The summed E-state index contributed by atoms with van der Waals surface area (Å²) in [7, 11) is 0. The summed E-state index contributed by atoms with van der Waals surface area (Å²) in [4.78, 5) is 12.0. The average Bonchev–Trinajstić information content (AvgIpc) is 2.58. The number of hydrogen-bond acceptors (Lipinski definition) is 3. The van der Waals surface area contributed by atoms with Gasteiger partial charge in [0.15, 0.2) is 6.61 Å². The molecule has 2 aromatic rings. The van der Waals surface area contributed by atoms with Crippen LogP contribution < -0.4 is 15.4 Å². The topological polar surface area (TPSA) is 70.6 Å². The van der Waals surface area contributed by atoms with Gasteiger partial charge in [0, 0.05) is 11.8 Å². The molecule has 0 aliphatic heterocycles. The maximum Gasteiger partial charge on any atom is 0.422 e. The van der Waals surface area contributed by atoms with Crippen molar-refractivity contribution in [1.29, 1.82) is 0 Å². The third-order valence-electron chi connectivity index (χ3n) is 3.18. The van der Waals surface area contributed by atoms with E-state index in [-0.39, 0.29) is 18.0 Å². The Labute approximate surface area is 142 Å². The predicted octanol–water partition coefficient (Wildman–Crippen LogP) is 3.48. The number of anilines is 1. The minimum atomic E-state index is -4.44. The van der Waals surface area contributed by atoms with Crippen molar-refractivity contribution in [2.24, 2.45) is 0 Å². The number of ether oxygens (including phenoxy) is 1. The molecule has 25 heavy (non-hydrogen) atoms. The van der Waals surface area contributed by atoms with Gasteiger partial charge < -0.3 is 20.5 Å². The summed E-state index contributed by atoms with van der Waals surface area (Å²) < 4.78 is 41.1. The lowest BCUT2D eigenvalue weighted by Gasteiger charge is -2.17. The maximum absolute atomic E-state index is 12.2. The quantitative estimate of drug-likeness (QED) is 0.744. The normalized spacial score (nSPS) is 12.3. The number of aliphatic hydroxyl groups is 1. The van der Waals surface area contributed by atoms with Gasteiger partial charge >= 0.3 is 12.2 Å². The van der Waals surface area contributed by atoms with E-state index in [1.165, 1.54) is 24.3 Å². The van der Waals surface area contributed by atoms with Crippen LogP contribution in [0, 0.1) is 0 Å². The van der Waals surface area contributed by atoms with Crippen molar-refractivity contribution >= 4 is 11.7 Å². The summed E-state index contributed by atoms with van der Waals surface area (Å²) in [6.07, 6.45) is -4.44. The molecule has 0 heterocycles. The Morgan fingerprint density at radius 2 is 1.84 bits per heavy atom. The lowest BCUT2D eigenvalue weighted by atomic mass is 10.1. The van der Waals surface area contributed by atoms with E-state index in [1.807, 2.05) is 6.07 Å². The lowest BCUT2D eigenvalue weighted by molar-refractivity contribution is -0.153. The highest BCUT2D eigenvalue weighted by molar-refractivity contribution is 5.89. The SMILES string of the molecule is O=C(Nc1cccc(OCC(F)(F)F)c1)NC(CO)c1ccccc1. The van der Waals surface area contributed by atoms with E-state index in [2.05, 4.69) is 15.4 Å². The van der Waals surface area contributed by atoms with Crippen LogP contribution in [0.25, 0.3) is 0 Å². The summed E-state index contributed by atoms with van der Waals surface area (Å²) >= 11 is 0. The molecule has 1 atom stereocenters. The maximum atomic E-state index is 12.2. The zero-order chi connectivity index (χ0) is 18.3. The highest BCUT2D eigenvalue weighted by atomic mass is 19.4. The highest BCUT2D eigenvalue weighted by Gasteiger charge is 2.28. The van der Waals surface area contributed by atoms with E-state index >= 15 is 0 Å². The smallest absolute Gasteiger partial charge is 0.422 e. The molecular weight excluding hydrogens is 337 g/mol. The van der Waals surface area contributed by atoms with E-state index in [4.69, 9.17) is 0 Å². The molecule has 0 fully saturated rings. The molecule has 0 bridgehead atoms. The van der Waals surface area contributed by atoms with Crippen LogP contribution >= 0.6 is 0 Å². The van der Waals surface area contributed by atoms with Crippen molar-refractivity contribution in [1.82, 2.24) is 5.32 Å². The zero-order valence-electron chi connectivity index (χ0n) is 13.1. The Bertz CT molecular complexity index is 693. The number of benzene rings is 2. The van der Waals surface area contributed by atoms with Crippen LogP contribution in [0.1, 0.15) is 11.6 Å². The Morgan fingerprint density at radius 3 is 2.48 bits per heavy atom. The van der Waals surface area contributed by atoms with Crippen molar-refractivity contribution in [3.63, 3.8) is 0 Å². The molecule has 134 valence electrons. The molecule has 5 nitrogen and oxygen atoms in total. The van der Waals surface area contributed by atoms with Crippen LogP contribution in [0.15, 0.2) is 54.6 Å². The molecule has 0 aliphatic rings. The number of nitrogens with one attached hydrogen (secondary N) is 2. The summed E-state index contributed by atoms with van der Waals surface area (Å²) in [6.45, 7) is -1.71. The Hall–Kier alpha value is -2.74. The number of carbonyl (C=O) groups is 1. The molecule has 0 saturated heterocycles. The summed E-state index contributed by atoms with van der Waals surface area (Å²) in [6, 6.07) is 13.3. The summed E-state index contributed by atoms with van der Waals surface area (Å²) in [5.74, 6) is -0.0168. The van der Waals surface area contributed by atoms with Crippen molar-refractivity contribution in [3.8, 4) is 5.75 Å². The van der Waals surface area contributed by atoms with E-state index < -0.39 is 24.9 Å². The number of aliphatic hydroxyl groups excluding tert-OH is 1. The predicted molar refractivity (Wildman–Crippen MR) is 86.4 cm³/mol. The molecule has 0 aliphatic carbocycles. The van der Waals surface area contributed by atoms with Gasteiger partial charge in [-0.15, -0.1) is 0 Å². The largest absolute Gasteiger partial charge is 0.484 e. The molecule has 1 unspecified atom stereocenters. The molecule has 2 amide bonds. The first-order valence-electron chi connectivity index (χ1n) is 7.40. The number of halogens is 3. The van der Waals surface area contributed by atoms with Gasteiger partial charge in [-0.25, -0.2) is 4.79 Å². The molecule has 2 aromatic carbocycles. The molecule has 0 saturated carbocycles. The van der Waals surface area contributed by atoms with Gasteiger partial charge in [0.1, 0.15) is 5.75 Å². The van der Waals surface area contributed by atoms with Crippen LogP contribution in [0.5, 0.6) is 5.75 Å². The molecule has 3 N–H and O–H groups in total. The first-order valence-corrected chi connectivity index (χ1v) is 7.40. The Balaban J connectivity index is 1.96. The zero-order valence-corrected chi connectivity index (χ0v) is 13.1. The fourth-order valence-electron chi connectivity index (χ4n) is 2.07. The van der Waals surface area contributed by atoms with Crippen molar-refractivity contribution in [3.05, 3.63) is 60.2 Å². The second-order valence-electron chi connectivity index (χ2n) is 5.18. The van der Waals surface area contributed by atoms with E-state index in [1.54, 1.807) is 24.3 Å². The summed E-state index contributed by atoms with van der Waals surface area (Å²) in [5.41, 5.74) is 0.990. The van der Waals surface area contributed by atoms with Gasteiger partial charge in [0.25, 0.3) is 0 Å². The van der Waals surface area contributed by atoms with Gasteiger partial charge in [-0.2, -0.15) is 13.2 Å². The van der Waals surface area contributed by atoms with Crippen LogP contribution in [-0.4, -0.2) is 30.5 Å². The van der Waals surface area contributed by atoms with Gasteiger partial charge in [-0.1, -0.05) is 36.4 Å². The second kappa shape index (κ2) is 8.39. The number of urea groups is 1. The van der Waals surface area contributed by atoms with Crippen molar-refractivity contribution in [2.75, 3.05) is 18.5 Å². The third-order valence-corrected chi connectivity index (χ3v) is 3.18. The highest BCUT2D eigenvalue weighted by Crippen LogP contribution is 2.21. The van der Waals surface area contributed by atoms with Crippen molar-refractivity contribution in [2.45, 2.75) is 12.2 Å². The Kier molecular flexibility index (Phi) is 6.24. The van der Waals surface area contributed by atoms with E-state index in [0.29, 0.717) is 0 Å². The lowest BCUT2D eigenvalue weighted by Crippen LogP contribution is -2.34. The molecule has 2 rings (SSSR count). The minimum Gasteiger partial charge on any atom is -0.484 e. The fraction of sp³-hybridized carbons (Fsp3) is 0.235. The monoisotopic (exact) mass is 354 g/mol. The summed E-state index contributed by atoms with van der Waals surface area (Å²) in [5, 5.41) is 14.5. The molecule has 0 aromatic heterocycles. The van der Waals surface area contributed by atoms with Gasteiger partial charge in [0.2, 0.25) is 0 Å². The van der Waals surface area contributed by atoms with Crippen LogP contribution in [-0.2, 0) is 0 Å². The van der Waals surface area contributed by atoms with Crippen LogP contribution in [0.4, 0.5) is 23.7 Å². The molecule has 0 radical (unpaired) electrons. The average molecular weight is 354 g/mol. The number of hydrogen-bond donors (Lipinski definition) is 3. The second-order valence-corrected chi connectivity index (χ2v) is 5.18. The fourth-order valence-corrected chi connectivity index (χ4v) is 2.07. The molecule has 0 spiro atoms. The number of amides is 2. The number of alkyl halides is 3. The van der Waals surface area contributed by atoms with E-state index in [9.17, 15) is 23.1 Å². The van der Waals surface area contributed by atoms with Gasteiger partial charge in [0.05, 0.1) is 12.6 Å². The van der Waals surface area contributed by atoms with E-state index in [0.717, 1.165) is 5.56 Å². The third kappa shape index (κ3) is 6.34. The first-order chi connectivity index (χ1) is 11.9. The van der Waals surface area contributed by atoms with Crippen molar-refractivity contribution < 1.29 is 27.8 Å². The molecule has 8 heteroatoms. The Morgan fingerprint density at radius 1 is 1.12 bits per heavy atom. The van der Waals surface area contributed by atoms with Gasteiger partial charge in [-0.3, -0.25) is 0 Å². The number of rotatable bonds is 6. The molecular formula is C17H17F3N2O3. The minimum absolute atomic E-state index is 0.0168.